The highest BCUT2D eigenvalue weighted by atomic mass is 16.2. The van der Waals surface area contributed by atoms with E-state index in [1.54, 1.807) is 7.05 Å². The average molecular weight is 299 g/mol. The van der Waals surface area contributed by atoms with Gasteiger partial charge in [0.2, 0.25) is 17.7 Å². The third-order valence-electron chi connectivity index (χ3n) is 3.14. The molecule has 3 amide bonds. The maximum absolute atomic E-state index is 11.5. The molecule has 0 saturated heterocycles. The smallest absolute Gasteiger partial charge is 0.219 e. The van der Waals surface area contributed by atoms with Gasteiger partial charge in [0.1, 0.15) is 0 Å². The van der Waals surface area contributed by atoms with E-state index >= 15 is 0 Å². The summed E-state index contributed by atoms with van der Waals surface area (Å²) in [6.07, 6.45) is 6.51. The highest BCUT2D eigenvalue weighted by molar-refractivity contribution is 5.76. The normalized spacial score (nSPS) is 10.0. The van der Waals surface area contributed by atoms with Gasteiger partial charge in [0, 0.05) is 39.9 Å². The van der Waals surface area contributed by atoms with Crippen molar-refractivity contribution in [2.75, 3.05) is 20.1 Å². The van der Waals surface area contributed by atoms with Crippen molar-refractivity contribution in [1.82, 2.24) is 16.0 Å². The van der Waals surface area contributed by atoms with Crippen molar-refractivity contribution < 1.29 is 14.4 Å². The Labute approximate surface area is 127 Å². The SMILES string of the molecule is CNC(=O)CCCCCNC(=O)CCCCCNC(C)=O. The van der Waals surface area contributed by atoms with Crippen LogP contribution in [-0.2, 0) is 14.4 Å². The standard InChI is InChI=1S/C15H29N3O3/c1-13(19)17-11-7-4-6-10-15(21)18-12-8-3-5-9-14(20)16-2/h3-12H2,1-2H3,(H,16,20)(H,17,19)(H,18,21). The van der Waals surface area contributed by atoms with Crippen molar-refractivity contribution in [2.24, 2.45) is 0 Å². The lowest BCUT2D eigenvalue weighted by atomic mass is 10.1. The molecular weight excluding hydrogens is 270 g/mol. The van der Waals surface area contributed by atoms with Crippen LogP contribution in [0.25, 0.3) is 0 Å². The van der Waals surface area contributed by atoms with E-state index in [2.05, 4.69) is 16.0 Å². The monoisotopic (exact) mass is 299 g/mol. The number of hydrogen-bond donors (Lipinski definition) is 3. The van der Waals surface area contributed by atoms with Crippen LogP contribution >= 0.6 is 0 Å². The molecule has 0 aromatic heterocycles. The second kappa shape index (κ2) is 13.4. The van der Waals surface area contributed by atoms with Crippen molar-refractivity contribution in [1.29, 1.82) is 0 Å². The lowest BCUT2D eigenvalue weighted by Gasteiger charge is -2.05. The van der Waals surface area contributed by atoms with E-state index in [1.165, 1.54) is 6.92 Å². The van der Waals surface area contributed by atoms with Crippen LogP contribution in [0.1, 0.15) is 58.3 Å². The fraction of sp³-hybridized carbons (Fsp3) is 0.800. The summed E-state index contributed by atoms with van der Waals surface area (Å²) in [6, 6.07) is 0. The van der Waals surface area contributed by atoms with Crippen molar-refractivity contribution in [3.63, 3.8) is 0 Å². The summed E-state index contributed by atoms with van der Waals surface area (Å²) < 4.78 is 0. The second-order valence-corrected chi connectivity index (χ2v) is 5.13. The van der Waals surface area contributed by atoms with Gasteiger partial charge in [-0.05, 0) is 25.7 Å². The molecule has 122 valence electrons. The molecule has 0 unspecified atom stereocenters. The van der Waals surface area contributed by atoms with Gasteiger partial charge in [0.15, 0.2) is 0 Å². The van der Waals surface area contributed by atoms with Crippen LogP contribution in [0.3, 0.4) is 0 Å². The first-order valence-corrected chi connectivity index (χ1v) is 7.78. The third-order valence-corrected chi connectivity index (χ3v) is 3.14. The van der Waals surface area contributed by atoms with Crippen molar-refractivity contribution in [3.05, 3.63) is 0 Å². The Balaban J connectivity index is 3.27. The number of carbonyl (C=O) groups excluding carboxylic acids is 3. The van der Waals surface area contributed by atoms with Gasteiger partial charge in [-0.25, -0.2) is 0 Å². The van der Waals surface area contributed by atoms with Gasteiger partial charge in [0.05, 0.1) is 0 Å². The molecule has 3 N–H and O–H groups in total. The molecule has 21 heavy (non-hydrogen) atoms. The van der Waals surface area contributed by atoms with Crippen LogP contribution in [0.2, 0.25) is 0 Å². The van der Waals surface area contributed by atoms with Crippen LogP contribution in [0, 0.1) is 0 Å². The molecule has 6 nitrogen and oxygen atoms in total. The van der Waals surface area contributed by atoms with Gasteiger partial charge < -0.3 is 16.0 Å². The number of rotatable bonds is 12. The van der Waals surface area contributed by atoms with E-state index < -0.39 is 0 Å². The maximum atomic E-state index is 11.5. The lowest BCUT2D eigenvalue weighted by molar-refractivity contribution is -0.122. The molecular formula is C15H29N3O3. The van der Waals surface area contributed by atoms with Gasteiger partial charge >= 0.3 is 0 Å². The summed E-state index contributed by atoms with van der Waals surface area (Å²) in [4.78, 5) is 33.1. The van der Waals surface area contributed by atoms with E-state index in [9.17, 15) is 14.4 Å². The van der Waals surface area contributed by atoms with Crippen molar-refractivity contribution >= 4 is 17.7 Å². The first-order chi connectivity index (χ1) is 10.1. The Kier molecular flexibility index (Phi) is 12.4. The molecule has 0 rings (SSSR count). The Hall–Kier alpha value is -1.59. The maximum Gasteiger partial charge on any atom is 0.219 e. The predicted molar refractivity (Wildman–Crippen MR) is 82.7 cm³/mol. The van der Waals surface area contributed by atoms with Gasteiger partial charge in [-0.2, -0.15) is 0 Å². The highest BCUT2D eigenvalue weighted by Crippen LogP contribution is 2.01. The molecule has 0 radical (unpaired) electrons. The average Bonchev–Trinajstić information content (AvgIpc) is 2.45. The van der Waals surface area contributed by atoms with E-state index in [0.29, 0.717) is 25.9 Å². The summed E-state index contributed by atoms with van der Waals surface area (Å²) in [5, 5.41) is 8.20. The minimum absolute atomic E-state index is 0.0100. The molecule has 0 aliphatic carbocycles. The quantitative estimate of drug-likeness (QED) is 0.472. The molecule has 0 aliphatic rings. The van der Waals surface area contributed by atoms with Gasteiger partial charge in [-0.1, -0.05) is 12.8 Å². The van der Waals surface area contributed by atoms with Crippen LogP contribution in [0.15, 0.2) is 0 Å². The molecule has 0 atom stereocenters. The molecule has 0 saturated carbocycles. The molecule has 0 bridgehead atoms. The second-order valence-electron chi connectivity index (χ2n) is 5.13. The minimum atomic E-state index is -0.0100. The largest absolute Gasteiger partial charge is 0.359 e. The van der Waals surface area contributed by atoms with Gasteiger partial charge in [0.25, 0.3) is 0 Å². The zero-order chi connectivity index (χ0) is 15.9. The number of carbonyl (C=O) groups is 3. The van der Waals surface area contributed by atoms with Crippen molar-refractivity contribution in [3.8, 4) is 0 Å². The summed E-state index contributed by atoms with van der Waals surface area (Å²) in [7, 11) is 1.64. The number of amides is 3. The summed E-state index contributed by atoms with van der Waals surface area (Å²) in [5.74, 6) is 0.142. The third kappa shape index (κ3) is 14.6. The molecule has 0 spiro atoms. The molecule has 0 heterocycles. The van der Waals surface area contributed by atoms with E-state index in [4.69, 9.17) is 0 Å². The molecule has 0 aromatic carbocycles. The fourth-order valence-electron chi connectivity index (χ4n) is 1.88. The van der Waals surface area contributed by atoms with E-state index in [1.807, 2.05) is 0 Å². The van der Waals surface area contributed by atoms with E-state index in [0.717, 1.165) is 38.5 Å². The van der Waals surface area contributed by atoms with Crippen LogP contribution < -0.4 is 16.0 Å². The van der Waals surface area contributed by atoms with Crippen LogP contribution in [0.5, 0.6) is 0 Å². The summed E-state index contributed by atoms with van der Waals surface area (Å²) in [5.41, 5.74) is 0. The lowest BCUT2D eigenvalue weighted by Crippen LogP contribution is -2.24. The predicted octanol–water partition coefficient (Wildman–Crippen LogP) is 1.11. The minimum Gasteiger partial charge on any atom is -0.359 e. The Morgan fingerprint density at radius 1 is 0.714 bits per heavy atom. The van der Waals surface area contributed by atoms with Crippen LogP contribution in [-0.4, -0.2) is 37.9 Å². The topological polar surface area (TPSA) is 87.3 Å². The Morgan fingerprint density at radius 3 is 1.76 bits per heavy atom. The van der Waals surface area contributed by atoms with E-state index in [-0.39, 0.29) is 17.7 Å². The highest BCUT2D eigenvalue weighted by Gasteiger charge is 2.01. The molecule has 0 aromatic rings. The Bertz CT molecular complexity index is 319. The summed E-state index contributed by atoms with van der Waals surface area (Å²) in [6.45, 7) is 2.86. The molecule has 0 aliphatic heterocycles. The first kappa shape index (κ1) is 19.4. The molecule has 0 fully saturated rings. The van der Waals surface area contributed by atoms with Gasteiger partial charge in [-0.3, -0.25) is 14.4 Å². The van der Waals surface area contributed by atoms with Crippen LogP contribution in [0.4, 0.5) is 0 Å². The molecule has 6 heteroatoms. The number of nitrogens with one attached hydrogen (secondary N) is 3. The number of unbranched alkanes of at least 4 members (excludes halogenated alkanes) is 4. The summed E-state index contributed by atoms with van der Waals surface area (Å²) >= 11 is 0. The first-order valence-electron chi connectivity index (χ1n) is 7.78. The number of hydrogen-bond acceptors (Lipinski definition) is 3. The van der Waals surface area contributed by atoms with Crippen molar-refractivity contribution in [2.45, 2.75) is 58.3 Å². The van der Waals surface area contributed by atoms with Gasteiger partial charge in [-0.15, -0.1) is 0 Å². The fourth-order valence-corrected chi connectivity index (χ4v) is 1.88. The Morgan fingerprint density at radius 2 is 1.24 bits per heavy atom. The zero-order valence-electron chi connectivity index (χ0n) is 13.3. The zero-order valence-corrected chi connectivity index (χ0v) is 13.3.